The fourth-order valence-electron chi connectivity index (χ4n) is 3.20. The first-order chi connectivity index (χ1) is 13.2. The zero-order valence-corrected chi connectivity index (χ0v) is 15.2. The van der Waals surface area contributed by atoms with E-state index in [1.54, 1.807) is 19.2 Å². The largest absolute Gasteiger partial charge is 0.508 e. The van der Waals surface area contributed by atoms with Crippen molar-refractivity contribution in [1.29, 1.82) is 0 Å². The van der Waals surface area contributed by atoms with Gasteiger partial charge in [-0.15, -0.1) is 0 Å². The first-order valence-corrected chi connectivity index (χ1v) is 8.94. The number of piperazine rings is 1. The molecule has 0 unspecified atom stereocenters. The number of hydrogen-bond acceptors (Lipinski definition) is 7. The molecular formula is C20H22N4O3. The molecule has 0 bridgehead atoms. The summed E-state index contributed by atoms with van der Waals surface area (Å²) >= 11 is 0. The number of phenolic OH excluding ortho intramolecular Hbond substituents is 1. The van der Waals surface area contributed by atoms with Crippen molar-refractivity contribution in [1.82, 2.24) is 15.0 Å². The van der Waals surface area contributed by atoms with Crippen molar-refractivity contribution in [3.8, 4) is 22.9 Å². The Balaban J connectivity index is 1.34. The lowest BCUT2D eigenvalue weighted by Gasteiger charge is -2.35. The van der Waals surface area contributed by atoms with Gasteiger partial charge in [0.1, 0.15) is 11.5 Å². The highest BCUT2D eigenvalue weighted by Gasteiger charge is 2.19. The van der Waals surface area contributed by atoms with Gasteiger partial charge < -0.3 is 19.3 Å². The van der Waals surface area contributed by atoms with Crippen LogP contribution in [0.15, 0.2) is 53.1 Å². The average Bonchev–Trinajstić information content (AvgIpc) is 3.18. The molecule has 1 aliphatic rings. The molecule has 0 atom stereocenters. The fraction of sp³-hybridized carbons (Fsp3) is 0.300. The van der Waals surface area contributed by atoms with Crippen molar-refractivity contribution < 1.29 is 14.4 Å². The summed E-state index contributed by atoms with van der Waals surface area (Å²) in [6.07, 6.45) is 0. The maximum absolute atomic E-state index is 9.42. The van der Waals surface area contributed by atoms with E-state index in [4.69, 9.17) is 9.26 Å². The highest BCUT2D eigenvalue weighted by Crippen LogP contribution is 2.22. The second-order valence-electron chi connectivity index (χ2n) is 6.52. The molecule has 7 nitrogen and oxygen atoms in total. The maximum atomic E-state index is 9.42. The lowest BCUT2D eigenvalue weighted by atomic mass is 10.2. The molecule has 140 valence electrons. The van der Waals surface area contributed by atoms with E-state index >= 15 is 0 Å². The van der Waals surface area contributed by atoms with Gasteiger partial charge in [0, 0.05) is 37.4 Å². The Kier molecular flexibility index (Phi) is 4.93. The molecule has 1 aromatic heterocycles. The number of ether oxygens (including phenoxy) is 1. The SMILES string of the molecule is COc1ccc(-c2noc(CN3CCN(c4ccc(O)cc4)CC3)n2)cc1. The van der Waals surface area contributed by atoms with Gasteiger partial charge >= 0.3 is 0 Å². The maximum Gasteiger partial charge on any atom is 0.241 e. The van der Waals surface area contributed by atoms with Crippen molar-refractivity contribution in [3.05, 3.63) is 54.4 Å². The van der Waals surface area contributed by atoms with Gasteiger partial charge in [-0.3, -0.25) is 4.90 Å². The minimum atomic E-state index is 0.293. The molecule has 0 radical (unpaired) electrons. The molecule has 0 amide bonds. The van der Waals surface area contributed by atoms with Crippen LogP contribution in [0.3, 0.4) is 0 Å². The van der Waals surface area contributed by atoms with Crippen LogP contribution >= 0.6 is 0 Å². The number of rotatable bonds is 5. The molecule has 1 fully saturated rings. The Labute approximate surface area is 157 Å². The summed E-state index contributed by atoms with van der Waals surface area (Å²) in [7, 11) is 1.64. The summed E-state index contributed by atoms with van der Waals surface area (Å²) in [6.45, 7) is 4.32. The standard InChI is InChI=1S/C20H22N4O3/c1-26-18-8-2-15(3-9-18)20-21-19(27-22-20)14-23-10-12-24(13-11-23)16-4-6-17(25)7-5-16/h2-9,25H,10-14H2,1H3. The van der Waals surface area contributed by atoms with E-state index in [9.17, 15) is 5.11 Å². The number of aromatic nitrogens is 2. The van der Waals surface area contributed by atoms with Crippen molar-refractivity contribution >= 4 is 5.69 Å². The van der Waals surface area contributed by atoms with E-state index in [2.05, 4.69) is 19.9 Å². The van der Waals surface area contributed by atoms with Crippen LogP contribution in [0.2, 0.25) is 0 Å². The second-order valence-corrected chi connectivity index (χ2v) is 6.52. The van der Waals surface area contributed by atoms with Crippen molar-refractivity contribution in [2.24, 2.45) is 0 Å². The summed E-state index contributed by atoms with van der Waals surface area (Å²) < 4.78 is 10.6. The van der Waals surface area contributed by atoms with Crippen LogP contribution in [0.4, 0.5) is 5.69 Å². The number of anilines is 1. The Bertz CT molecular complexity index is 869. The zero-order chi connectivity index (χ0) is 18.6. The first kappa shape index (κ1) is 17.4. The average molecular weight is 366 g/mol. The highest BCUT2D eigenvalue weighted by molar-refractivity contribution is 5.55. The van der Waals surface area contributed by atoms with Crippen LogP contribution in [-0.4, -0.2) is 53.4 Å². The van der Waals surface area contributed by atoms with Gasteiger partial charge in [-0.25, -0.2) is 0 Å². The van der Waals surface area contributed by atoms with Gasteiger partial charge in [-0.2, -0.15) is 4.98 Å². The minimum absolute atomic E-state index is 0.293. The van der Waals surface area contributed by atoms with E-state index in [1.807, 2.05) is 36.4 Å². The highest BCUT2D eigenvalue weighted by atomic mass is 16.5. The Morgan fingerprint density at radius 2 is 1.70 bits per heavy atom. The van der Waals surface area contributed by atoms with E-state index < -0.39 is 0 Å². The van der Waals surface area contributed by atoms with Crippen molar-refractivity contribution in [3.63, 3.8) is 0 Å². The summed E-state index contributed by atoms with van der Waals surface area (Å²) in [5, 5.41) is 13.5. The zero-order valence-electron chi connectivity index (χ0n) is 15.2. The Morgan fingerprint density at radius 3 is 2.37 bits per heavy atom. The van der Waals surface area contributed by atoms with E-state index in [1.165, 1.54) is 0 Å². The van der Waals surface area contributed by atoms with E-state index in [-0.39, 0.29) is 0 Å². The molecule has 1 N–H and O–H groups in total. The van der Waals surface area contributed by atoms with Crippen molar-refractivity contribution in [2.75, 3.05) is 38.2 Å². The van der Waals surface area contributed by atoms with Crippen molar-refractivity contribution in [2.45, 2.75) is 6.54 Å². The summed E-state index contributed by atoms with van der Waals surface area (Å²) in [5.74, 6) is 2.31. The van der Waals surface area contributed by atoms with Gasteiger partial charge in [0.2, 0.25) is 11.7 Å². The molecule has 0 spiro atoms. The smallest absolute Gasteiger partial charge is 0.241 e. The number of nitrogens with zero attached hydrogens (tertiary/aromatic N) is 4. The first-order valence-electron chi connectivity index (χ1n) is 8.94. The molecule has 7 heteroatoms. The van der Waals surface area contributed by atoms with Crippen LogP contribution in [0.5, 0.6) is 11.5 Å². The summed E-state index contributed by atoms with van der Waals surface area (Å²) in [4.78, 5) is 9.14. The van der Waals surface area contributed by atoms with Crippen LogP contribution in [0.25, 0.3) is 11.4 Å². The predicted molar refractivity (Wildman–Crippen MR) is 102 cm³/mol. The quantitative estimate of drug-likeness (QED) is 0.744. The molecule has 0 saturated carbocycles. The van der Waals surface area contributed by atoms with Gasteiger partial charge in [-0.1, -0.05) is 5.16 Å². The van der Waals surface area contributed by atoms with Crippen LogP contribution < -0.4 is 9.64 Å². The minimum Gasteiger partial charge on any atom is -0.508 e. The molecule has 1 saturated heterocycles. The number of phenols is 1. The molecule has 2 heterocycles. The number of benzene rings is 2. The van der Waals surface area contributed by atoms with E-state index in [0.717, 1.165) is 43.2 Å². The third-order valence-electron chi connectivity index (χ3n) is 4.76. The number of aromatic hydroxyl groups is 1. The monoisotopic (exact) mass is 366 g/mol. The van der Waals surface area contributed by atoms with Gasteiger partial charge in [0.05, 0.1) is 13.7 Å². The molecule has 3 aromatic rings. The molecule has 27 heavy (non-hydrogen) atoms. The summed E-state index contributed by atoms with van der Waals surface area (Å²) in [5.41, 5.74) is 2.04. The molecule has 2 aromatic carbocycles. The van der Waals surface area contributed by atoms with Crippen LogP contribution in [-0.2, 0) is 6.54 Å². The molecular weight excluding hydrogens is 344 g/mol. The van der Waals surface area contributed by atoms with Crippen LogP contribution in [0.1, 0.15) is 5.89 Å². The van der Waals surface area contributed by atoms with Crippen LogP contribution in [0, 0.1) is 0 Å². The van der Waals surface area contributed by atoms with Gasteiger partial charge in [0.25, 0.3) is 0 Å². The van der Waals surface area contributed by atoms with Gasteiger partial charge in [-0.05, 0) is 48.5 Å². The lowest BCUT2D eigenvalue weighted by Crippen LogP contribution is -2.46. The molecule has 4 rings (SSSR count). The third kappa shape index (κ3) is 4.03. The normalized spacial score (nSPS) is 15.1. The second kappa shape index (κ2) is 7.67. The number of hydrogen-bond donors (Lipinski definition) is 1. The summed E-state index contributed by atoms with van der Waals surface area (Å²) in [6, 6.07) is 14.9. The fourth-order valence-corrected chi connectivity index (χ4v) is 3.20. The molecule has 0 aliphatic carbocycles. The Morgan fingerprint density at radius 1 is 1.00 bits per heavy atom. The third-order valence-corrected chi connectivity index (χ3v) is 4.76. The lowest BCUT2D eigenvalue weighted by molar-refractivity contribution is 0.215. The van der Waals surface area contributed by atoms with E-state index in [0.29, 0.717) is 24.0 Å². The molecule has 1 aliphatic heterocycles. The van der Waals surface area contributed by atoms with Gasteiger partial charge in [0.15, 0.2) is 0 Å². The topological polar surface area (TPSA) is 74.9 Å². The number of methoxy groups -OCH3 is 1. The predicted octanol–water partition coefficient (Wildman–Crippen LogP) is 2.77. The Hall–Kier alpha value is -3.06.